The summed E-state index contributed by atoms with van der Waals surface area (Å²) in [5.41, 5.74) is 0. The predicted molar refractivity (Wildman–Crippen MR) is 51.2 cm³/mol. The molecule has 0 spiro atoms. The van der Waals surface area contributed by atoms with E-state index in [9.17, 15) is 0 Å². The van der Waals surface area contributed by atoms with Crippen LogP contribution in [0.2, 0.25) is 0 Å². The first-order valence-corrected chi connectivity index (χ1v) is 4.59. The van der Waals surface area contributed by atoms with Gasteiger partial charge < -0.3 is 9.84 Å². The number of ether oxygens (including phenoxy) is 1. The summed E-state index contributed by atoms with van der Waals surface area (Å²) in [6.45, 7) is 2.11. The Kier molecular flexibility index (Phi) is 8.51. The third kappa shape index (κ3) is 9.66. The van der Waals surface area contributed by atoms with Gasteiger partial charge in [0.1, 0.15) is 0 Å². The molecule has 1 rings (SSSR count). The van der Waals surface area contributed by atoms with Crippen molar-refractivity contribution >= 4 is 0 Å². The molecular formula is C10H20O2. The highest BCUT2D eigenvalue weighted by Gasteiger charge is 1.87. The van der Waals surface area contributed by atoms with Crippen molar-refractivity contribution in [1.29, 1.82) is 0 Å². The number of hydrogen-bond acceptors (Lipinski definition) is 2. The van der Waals surface area contributed by atoms with Crippen LogP contribution >= 0.6 is 0 Å². The Morgan fingerprint density at radius 3 is 1.92 bits per heavy atom. The molecule has 1 aliphatic carbocycles. The first-order chi connectivity index (χ1) is 5.77. The summed E-state index contributed by atoms with van der Waals surface area (Å²) in [5.74, 6) is 0. The lowest BCUT2D eigenvalue weighted by Gasteiger charge is -1.97. The second kappa shape index (κ2) is 8.75. The molecule has 72 valence electrons. The van der Waals surface area contributed by atoms with Crippen molar-refractivity contribution in [3.63, 3.8) is 0 Å². The molecule has 0 aromatic heterocycles. The summed E-state index contributed by atoms with van der Waals surface area (Å²) in [4.78, 5) is 0. The van der Waals surface area contributed by atoms with Crippen LogP contribution in [0, 0.1) is 0 Å². The van der Waals surface area contributed by atoms with Crippen LogP contribution < -0.4 is 0 Å². The Morgan fingerprint density at radius 2 is 1.83 bits per heavy atom. The summed E-state index contributed by atoms with van der Waals surface area (Å²) in [6.07, 6.45) is 9.68. The highest BCUT2D eigenvalue weighted by molar-refractivity contribution is 4.85. The fraction of sp³-hybridized carbons (Fsp3) is 0.800. The third-order valence-corrected chi connectivity index (χ3v) is 1.57. The zero-order valence-electron chi connectivity index (χ0n) is 8.12. The molecule has 12 heavy (non-hydrogen) atoms. The minimum absolute atomic E-state index is 0.324. The molecule has 0 saturated heterocycles. The standard InChI is InChI=1S/C6H10.C4H10O2/c1-2-4-6-5-3-1;1-4(5)3-6-2/h1-2H,3-6H2;4-5H,3H2,1-2H3. The van der Waals surface area contributed by atoms with E-state index < -0.39 is 0 Å². The van der Waals surface area contributed by atoms with Crippen LogP contribution in [0.3, 0.4) is 0 Å². The first kappa shape index (κ1) is 11.7. The molecule has 1 N–H and O–H groups in total. The van der Waals surface area contributed by atoms with E-state index in [4.69, 9.17) is 5.11 Å². The summed E-state index contributed by atoms with van der Waals surface area (Å²) < 4.78 is 4.55. The number of aliphatic hydroxyl groups is 1. The van der Waals surface area contributed by atoms with Crippen LogP contribution in [0.4, 0.5) is 0 Å². The van der Waals surface area contributed by atoms with Gasteiger partial charge in [-0.3, -0.25) is 0 Å². The first-order valence-electron chi connectivity index (χ1n) is 4.59. The average Bonchev–Trinajstić information content (AvgIpc) is 2.08. The van der Waals surface area contributed by atoms with E-state index in [1.165, 1.54) is 25.7 Å². The third-order valence-electron chi connectivity index (χ3n) is 1.57. The van der Waals surface area contributed by atoms with Gasteiger partial charge in [0.15, 0.2) is 0 Å². The van der Waals surface area contributed by atoms with Gasteiger partial charge in [-0.15, -0.1) is 0 Å². The molecule has 0 aromatic carbocycles. The highest BCUT2D eigenvalue weighted by Crippen LogP contribution is 2.07. The normalized spacial score (nSPS) is 17.9. The van der Waals surface area contributed by atoms with Crippen molar-refractivity contribution in [2.75, 3.05) is 13.7 Å². The van der Waals surface area contributed by atoms with E-state index >= 15 is 0 Å². The van der Waals surface area contributed by atoms with Gasteiger partial charge in [0.2, 0.25) is 0 Å². The second-order valence-corrected chi connectivity index (χ2v) is 3.06. The van der Waals surface area contributed by atoms with Crippen LogP contribution in [0.5, 0.6) is 0 Å². The zero-order valence-corrected chi connectivity index (χ0v) is 8.12. The molecule has 0 saturated carbocycles. The Balaban J connectivity index is 0.000000202. The molecule has 0 bridgehead atoms. The van der Waals surface area contributed by atoms with Gasteiger partial charge >= 0.3 is 0 Å². The number of aliphatic hydroxyl groups excluding tert-OH is 1. The van der Waals surface area contributed by atoms with Gasteiger partial charge in [0.05, 0.1) is 12.7 Å². The van der Waals surface area contributed by atoms with Crippen LogP contribution in [0.1, 0.15) is 32.6 Å². The van der Waals surface area contributed by atoms with Crippen LogP contribution in [0.15, 0.2) is 12.2 Å². The maximum atomic E-state index is 8.43. The van der Waals surface area contributed by atoms with Gasteiger partial charge in [0, 0.05) is 7.11 Å². The average molecular weight is 172 g/mol. The largest absolute Gasteiger partial charge is 0.391 e. The molecule has 1 atom stereocenters. The minimum Gasteiger partial charge on any atom is -0.391 e. The van der Waals surface area contributed by atoms with Crippen LogP contribution in [-0.4, -0.2) is 24.9 Å². The Labute approximate surface area is 75.2 Å². The summed E-state index contributed by atoms with van der Waals surface area (Å²) >= 11 is 0. The predicted octanol–water partition coefficient (Wildman–Crippen LogP) is 2.13. The molecule has 0 radical (unpaired) electrons. The maximum absolute atomic E-state index is 8.43. The molecule has 0 heterocycles. The van der Waals surface area contributed by atoms with E-state index in [0.29, 0.717) is 6.61 Å². The van der Waals surface area contributed by atoms with Gasteiger partial charge in [-0.25, -0.2) is 0 Å². The lowest BCUT2D eigenvalue weighted by molar-refractivity contribution is 0.0765. The van der Waals surface area contributed by atoms with Crippen molar-refractivity contribution in [2.45, 2.75) is 38.7 Å². The van der Waals surface area contributed by atoms with Gasteiger partial charge in [-0.1, -0.05) is 12.2 Å². The van der Waals surface area contributed by atoms with Crippen molar-refractivity contribution in [3.8, 4) is 0 Å². The summed E-state index contributed by atoms with van der Waals surface area (Å²) in [6, 6.07) is 0. The molecule has 1 unspecified atom stereocenters. The Bertz CT molecular complexity index is 100. The van der Waals surface area contributed by atoms with Gasteiger partial charge in [-0.05, 0) is 32.6 Å². The van der Waals surface area contributed by atoms with Crippen molar-refractivity contribution < 1.29 is 9.84 Å². The van der Waals surface area contributed by atoms with Crippen molar-refractivity contribution in [3.05, 3.63) is 12.2 Å². The van der Waals surface area contributed by atoms with E-state index in [1.54, 1.807) is 14.0 Å². The van der Waals surface area contributed by atoms with Crippen LogP contribution in [-0.2, 0) is 4.74 Å². The lowest BCUT2D eigenvalue weighted by atomic mass is 10.1. The van der Waals surface area contributed by atoms with E-state index in [1.807, 2.05) is 0 Å². The highest BCUT2D eigenvalue weighted by atomic mass is 16.5. The molecule has 0 aromatic rings. The van der Waals surface area contributed by atoms with Gasteiger partial charge in [0.25, 0.3) is 0 Å². The van der Waals surface area contributed by atoms with Crippen LogP contribution in [0.25, 0.3) is 0 Å². The molecule has 2 nitrogen and oxygen atoms in total. The van der Waals surface area contributed by atoms with E-state index in [2.05, 4.69) is 16.9 Å². The topological polar surface area (TPSA) is 29.5 Å². The Morgan fingerprint density at radius 1 is 1.33 bits per heavy atom. The lowest BCUT2D eigenvalue weighted by Crippen LogP contribution is -2.07. The number of methoxy groups -OCH3 is 1. The van der Waals surface area contributed by atoms with Gasteiger partial charge in [-0.2, -0.15) is 0 Å². The number of hydrogen-bond donors (Lipinski definition) is 1. The fourth-order valence-electron chi connectivity index (χ4n) is 1.00. The zero-order chi connectivity index (χ0) is 9.23. The molecule has 0 aliphatic heterocycles. The molecule has 0 amide bonds. The molecular weight excluding hydrogens is 152 g/mol. The second-order valence-electron chi connectivity index (χ2n) is 3.06. The molecule has 1 aliphatic rings. The minimum atomic E-state index is -0.324. The summed E-state index contributed by atoms with van der Waals surface area (Å²) in [7, 11) is 1.56. The number of rotatable bonds is 2. The summed E-state index contributed by atoms with van der Waals surface area (Å²) in [5, 5.41) is 8.43. The monoisotopic (exact) mass is 172 g/mol. The molecule has 2 heteroatoms. The SMILES string of the molecule is C1=CCCCC1.COCC(C)O. The Hall–Kier alpha value is -0.340. The van der Waals surface area contributed by atoms with E-state index in [0.717, 1.165) is 0 Å². The van der Waals surface area contributed by atoms with Crippen molar-refractivity contribution in [1.82, 2.24) is 0 Å². The quantitative estimate of drug-likeness (QED) is 0.646. The smallest absolute Gasteiger partial charge is 0.0745 e. The van der Waals surface area contributed by atoms with E-state index in [-0.39, 0.29) is 6.10 Å². The van der Waals surface area contributed by atoms with Crippen molar-refractivity contribution in [2.24, 2.45) is 0 Å². The maximum Gasteiger partial charge on any atom is 0.0745 e. The number of allylic oxidation sites excluding steroid dienone is 2. The fourth-order valence-corrected chi connectivity index (χ4v) is 1.00. The molecule has 0 fully saturated rings.